The lowest BCUT2D eigenvalue weighted by atomic mass is 9.68. The highest BCUT2D eigenvalue weighted by Crippen LogP contribution is 2.56. The van der Waals surface area contributed by atoms with Gasteiger partial charge in [0.25, 0.3) is 0 Å². The fraction of sp³-hybridized carbons (Fsp3) is 0.0435. The fourth-order valence-electron chi connectivity index (χ4n) is 13.3. The van der Waals surface area contributed by atoms with Crippen molar-refractivity contribution in [1.29, 1.82) is 0 Å². The SMILES string of the molecule is C[Si]1(C)c2ccccc2N(c2cc(-n3c4ccccc4c4ccccc43)cc([Si](c3ccccc3)(c3ccccc3)c3ccc(C4(c5ccccc5)c5ccccc5-c5ccccc54)cc3)c2)c2ccccc21. The first-order chi connectivity index (χ1) is 36.0. The largest absolute Gasteiger partial charge is 0.311 e. The first kappa shape index (κ1) is 43.3. The van der Waals surface area contributed by atoms with Crippen LogP contribution in [0, 0.1) is 0 Å². The van der Waals surface area contributed by atoms with Gasteiger partial charge in [-0.2, -0.15) is 0 Å². The van der Waals surface area contributed by atoms with Crippen molar-refractivity contribution in [2.45, 2.75) is 18.5 Å². The molecular weight excluding hydrogens is 913 g/mol. The molecule has 0 fully saturated rings. The molecule has 0 bridgehead atoms. The Morgan fingerprint density at radius 3 is 1.30 bits per heavy atom. The number of hydrogen-bond donors (Lipinski definition) is 0. The summed E-state index contributed by atoms with van der Waals surface area (Å²) in [6.45, 7) is 5.03. The van der Waals surface area contributed by atoms with E-state index in [1.807, 2.05) is 0 Å². The van der Waals surface area contributed by atoms with Gasteiger partial charge in [-0.05, 0) is 107 Å². The van der Waals surface area contributed by atoms with Gasteiger partial charge < -0.3 is 9.47 Å². The van der Waals surface area contributed by atoms with Crippen LogP contribution in [0.5, 0.6) is 0 Å². The summed E-state index contributed by atoms with van der Waals surface area (Å²) in [7, 11) is -5.31. The smallest absolute Gasteiger partial charge is 0.179 e. The molecule has 0 radical (unpaired) electrons. The number of fused-ring (bicyclic) bond motifs is 8. The van der Waals surface area contributed by atoms with E-state index in [1.165, 1.54) is 97.7 Å². The zero-order chi connectivity index (χ0) is 48.7. The van der Waals surface area contributed by atoms with E-state index < -0.39 is 21.6 Å². The average molecular weight is 965 g/mol. The van der Waals surface area contributed by atoms with Gasteiger partial charge in [-0.1, -0.05) is 250 Å². The van der Waals surface area contributed by atoms with Gasteiger partial charge in [0, 0.05) is 33.5 Å². The van der Waals surface area contributed by atoms with Crippen molar-refractivity contribution in [2.24, 2.45) is 0 Å². The van der Waals surface area contributed by atoms with Crippen LogP contribution in [-0.2, 0) is 5.41 Å². The lowest BCUT2D eigenvalue weighted by Gasteiger charge is -2.42. The van der Waals surface area contributed by atoms with Gasteiger partial charge >= 0.3 is 0 Å². The average Bonchev–Trinajstić information content (AvgIpc) is 3.95. The summed E-state index contributed by atoms with van der Waals surface area (Å²) in [5, 5.41) is 10.7. The number of anilines is 3. The number of hydrogen-bond acceptors (Lipinski definition) is 1. The van der Waals surface area contributed by atoms with Crippen molar-refractivity contribution < 1.29 is 0 Å². The van der Waals surface area contributed by atoms with Crippen molar-refractivity contribution >= 4 is 86.1 Å². The molecule has 2 nitrogen and oxygen atoms in total. The molecule has 0 saturated heterocycles. The summed E-state index contributed by atoms with van der Waals surface area (Å²) < 4.78 is 2.52. The van der Waals surface area contributed by atoms with Gasteiger partial charge in [0.15, 0.2) is 8.07 Å². The zero-order valence-electron chi connectivity index (χ0n) is 41.0. The lowest BCUT2D eigenvalue weighted by molar-refractivity contribution is 0.769. The van der Waals surface area contributed by atoms with E-state index in [0.29, 0.717) is 0 Å². The summed E-state index contributed by atoms with van der Waals surface area (Å²) in [5.74, 6) is 0. The summed E-state index contributed by atoms with van der Waals surface area (Å²) in [6, 6.07) is 106. The number of aromatic nitrogens is 1. The maximum absolute atomic E-state index is 3.23. The molecule has 1 aliphatic heterocycles. The molecule has 4 heteroatoms. The quantitative estimate of drug-likeness (QED) is 0.109. The van der Waals surface area contributed by atoms with Crippen LogP contribution in [0.2, 0.25) is 13.1 Å². The number of benzene rings is 11. The van der Waals surface area contributed by atoms with Crippen molar-refractivity contribution in [2.75, 3.05) is 4.90 Å². The molecule has 0 spiro atoms. The second-order valence-corrected chi connectivity index (χ2v) is 28.5. The zero-order valence-corrected chi connectivity index (χ0v) is 43.0. The summed E-state index contributed by atoms with van der Waals surface area (Å²) in [5.41, 5.74) is 14.5. The van der Waals surface area contributed by atoms with Crippen LogP contribution in [-0.4, -0.2) is 20.7 Å². The lowest BCUT2D eigenvalue weighted by Crippen LogP contribution is -2.74. The van der Waals surface area contributed by atoms with Crippen LogP contribution in [0.15, 0.2) is 279 Å². The van der Waals surface area contributed by atoms with E-state index in [-0.39, 0.29) is 0 Å². The minimum Gasteiger partial charge on any atom is -0.311 e. The number of para-hydroxylation sites is 4. The molecule has 346 valence electrons. The molecule has 12 aromatic rings. The first-order valence-electron chi connectivity index (χ1n) is 25.6. The second-order valence-electron chi connectivity index (χ2n) is 20.4. The maximum Gasteiger partial charge on any atom is 0.179 e. The van der Waals surface area contributed by atoms with Crippen LogP contribution in [0.4, 0.5) is 17.1 Å². The highest BCUT2D eigenvalue weighted by atomic mass is 28.3. The minimum atomic E-state index is -3.23. The Kier molecular flexibility index (Phi) is 9.94. The van der Waals surface area contributed by atoms with E-state index in [0.717, 1.165) is 11.4 Å². The van der Waals surface area contributed by atoms with E-state index in [1.54, 1.807) is 0 Å². The van der Waals surface area contributed by atoms with Crippen LogP contribution >= 0.6 is 0 Å². The van der Waals surface area contributed by atoms with Crippen molar-refractivity contribution in [1.82, 2.24) is 4.57 Å². The van der Waals surface area contributed by atoms with E-state index in [4.69, 9.17) is 0 Å². The van der Waals surface area contributed by atoms with E-state index in [2.05, 4.69) is 302 Å². The van der Waals surface area contributed by atoms with Crippen LogP contribution < -0.4 is 36.0 Å². The highest BCUT2D eigenvalue weighted by molar-refractivity contribution is 7.20. The molecule has 0 saturated carbocycles. The van der Waals surface area contributed by atoms with Gasteiger partial charge in [-0.3, -0.25) is 0 Å². The first-order valence-corrected chi connectivity index (χ1v) is 30.6. The minimum absolute atomic E-state index is 0.507. The molecule has 11 aromatic carbocycles. The summed E-state index contributed by atoms with van der Waals surface area (Å²) >= 11 is 0. The van der Waals surface area contributed by atoms with Crippen LogP contribution in [0.1, 0.15) is 22.3 Å². The Morgan fingerprint density at radius 1 is 0.342 bits per heavy atom. The predicted molar refractivity (Wildman–Crippen MR) is 313 cm³/mol. The maximum atomic E-state index is 2.58. The van der Waals surface area contributed by atoms with Gasteiger partial charge in [-0.25, -0.2) is 0 Å². The normalized spacial score (nSPS) is 14.1. The van der Waals surface area contributed by atoms with E-state index >= 15 is 0 Å². The Bertz CT molecular complexity index is 3880. The Morgan fingerprint density at radius 2 is 0.753 bits per heavy atom. The monoisotopic (exact) mass is 964 g/mol. The molecular formula is C69H52N2Si2. The Hall–Kier alpha value is -8.55. The predicted octanol–water partition coefficient (Wildman–Crippen LogP) is 13.1. The molecule has 2 heterocycles. The van der Waals surface area contributed by atoms with Crippen molar-refractivity contribution in [3.63, 3.8) is 0 Å². The van der Waals surface area contributed by atoms with E-state index in [9.17, 15) is 0 Å². The van der Waals surface area contributed by atoms with Gasteiger partial charge in [-0.15, -0.1) is 0 Å². The molecule has 1 aliphatic carbocycles. The number of nitrogens with zero attached hydrogens (tertiary/aromatic N) is 2. The molecule has 1 aromatic heterocycles. The fourth-order valence-corrected chi connectivity index (χ4v) is 21.0. The third-order valence-electron chi connectivity index (χ3n) is 16.4. The third kappa shape index (κ3) is 6.27. The number of rotatable bonds is 8. The molecule has 0 unspecified atom stereocenters. The van der Waals surface area contributed by atoms with Crippen LogP contribution in [0.3, 0.4) is 0 Å². The van der Waals surface area contributed by atoms with Crippen LogP contribution in [0.25, 0.3) is 38.6 Å². The third-order valence-corrected chi connectivity index (χ3v) is 24.7. The molecule has 0 atom stereocenters. The molecule has 0 N–H and O–H groups in total. The van der Waals surface area contributed by atoms with Gasteiger partial charge in [0.05, 0.1) is 16.4 Å². The standard InChI is InChI=1S/C69H52N2Si2/c1-72(2)67-40-22-20-38-65(67)71(66-39-21-23-41-68(66)72)52-46-51(70-63-36-18-14-32-59(63)60-33-15-19-37-64(60)70)47-56(48-52)73(53-26-8-4-9-27-53,54-28-10-5-11-29-54)55-44-42-50(43-45-55)69(49-24-6-3-7-25-49)61-34-16-12-30-57(61)58-31-13-17-35-62(58)69/h3-48H,1-2H3. The molecule has 0 amide bonds. The molecule has 73 heavy (non-hydrogen) atoms. The summed E-state index contributed by atoms with van der Waals surface area (Å²) in [4.78, 5) is 2.58. The molecule has 2 aliphatic rings. The van der Waals surface area contributed by atoms with Crippen molar-refractivity contribution in [3.05, 3.63) is 301 Å². The van der Waals surface area contributed by atoms with Gasteiger partial charge in [0.2, 0.25) is 0 Å². The highest BCUT2D eigenvalue weighted by Gasteiger charge is 2.48. The molecule has 14 rings (SSSR count). The summed E-state index contributed by atoms with van der Waals surface area (Å²) in [6.07, 6.45) is 0. The van der Waals surface area contributed by atoms with Crippen molar-refractivity contribution in [3.8, 4) is 16.8 Å². The van der Waals surface area contributed by atoms with Gasteiger partial charge in [0.1, 0.15) is 8.07 Å². The topological polar surface area (TPSA) is 8.17 Å². The Labute approximate surface area is 429 Å². The second kappa shape index (κ2) is 16.8. The Balaban J connectivity index is 1.09.